The number of amides is 1. The smallest absolute Gasteiger partial charge is 0.328 e. The number of pyridine rings is 1. The topological polar surface area (TPSA) is 99.5 Å². The monoisotopic (exact) mass is 348 g/mol. The molecule has 0 saturated heterocycles. The molecule has 1 amide bonds. The molecule has 1 heterocycles. The number of aromatic nitrogens is 1. The second-order valence-corrected chi connectivity index (χ2v) is 6.37. The van der Waals surface area contributed by atoms with Crippen LogP contribution in [0.2, 0.25) is 5.02 Å². The predicted octanol–water partition coefficient (Wildman–Crippen LogP) is 3.01. The van der Waals surface area contributed by atoms with E-state index in [1.165, 1.54) is 26.1 Å². The van der Waals surface area contributed by atoms with Crippen molar-refractivity contribution in [1.29, 1.82) is 0 Å². The Labute approximate surface area is 144 Å². The van der Waals surface area contributed by atoms with Crippen molar-refractivity contribution in [1.82, 2.24) is 10.3 Å². The van der Waals surface area contributed by atoms with E-state index in [0.717, 1.165) is 11.1 Å². The summed E-state index contributed by atoms with van der Waals surface area (Å²) in [6, 6.07) is 6.73. The lowest BCUT2D eigenvalue weighted by atomic mass is 10.0. The van der Waals surface area contributed by atoms with Gasteiger partial charge in [-0.3, -0.25) is 4.79 Å². The zero-order chi connectivity index (χ0) is 18.1. The van der Waals surface area contributed by atoms with Crippen molar-refractivity contribution in [2.75, 3.05) is 0 Å². The third-order valence-corrected chi connectivity index (χ3v) is 3.79. The number of rotatable bonds is 4. The molecule has 1 aromatic heterocycles. The Morgan fingerprint density at radius 3 is 2.50 bits per heavy atom. The fourth-order valence-corrected chi connectivity index (χ4v) is 2.25. The molecule has 0 aliphatic carbocycles. The molecule has 0 aliphatic heterocycles. The van der Waals surface area contributed by atoms with Crippen LogP contribution in [-0.4, -0.2) is 32.6 Å². The third kappa shape index (κ3) is 3.65. The standard InChI is InChI=1S/C17H17ClN2O4/c1-9-4-5-11(18)7-12(9)10-6-13(21)14(19-8-10)15(22)20-17(2,3)16(23)24/h4-8,21H,1-3H3,(H,20,22)(H,23,24). The van der Waals surface area contributed by atoms with Gasteiger partial charge in [0.15, 0.2) is 5.69 Å². The molecule has 7 heteroatoms. The van der Waals surface area contributed by atoms with Crippen molar-refractivity contribution in [3.63, 3.8) is 0 Å². The van der Waals surface area contributed by atoms with Crippen LogP contribution in [0, 0.1) is 6.92 Å². The van der Waals surface area contributed by atoms with Crippen LogP contribution < -0.4 is 5.32 Å². The van der Waals surface area contributed by atoms with Gasteiger partial charge in [0.2, 0.25) is 0 Å². The first-order chi connectivity index (χ1) is 11.1. The maximum Gasteiger partial charge on any atom is 0.328 e. The molecule has 0 radical (unpaired) electrons. The summed E-state index contributed by atoms with van der Waals surface area (Å²) in [7, 11) is 0. The molecular formula is C17H17ClN2O4. The molecule has 1 aromatic carbocycles. The third-order valence-electron chi connectivity index (χ3n) is 3.55. The maximum absolute atomic E-state index is 12.1. The highest BCUT2D eigenvalue weighted by Crippen LogP contribution is 2.29. The van der Waals surface area contributed by atoms with Crippen molar-refractivity contribution in [3.05, 3.63) is 46.7 Å². The van der Waals surface area contributed by atoms with E-state index in [2.05, 4.69) is 10.3 Å². The number of carboxylic acid groups (broad SMARTS) is 1. The number of hydrogen-bond acceptors (Lipinski definition) is 4. The van der Waals surface area contributed by atoms with E-state index in [1.54, 1.807) is 12.1 Å². The Morgan fingerprint density at radius 2 is 1.92 bits per heavy atom. The fraction of sp³-hybridized carbons (Fsp3) is 0.235. The first-order valence-electron chi connectivity index (χ1n) is 7.13. The van der Waals surface area contributed by atoms with E-state index in [9.17, 15) is 14.7 Å². The van der Waals surface area contributed by atoms with Gasteiger partial charge in [0.1, 0.15) is 11.3 Å². The highest BCUT2D eigenvalue weighted by molar-refractivity contribution is 6.30. The van der Waals surface area contributed by atoms with Gasteiger partial charge in [-0.1, -0.05) is 17.7 Å². The van der Waals surface area contributed by atoms with Crippen LogP contribution in [-0.2, 0) is 4.79 Å². The van der Waals surface area contributed by atoms with Crippen molar-refractivity contribution in [2.24, 2.45) is 0 Å². The summed E-state index contributed by atoms with van der Waals surface area (Å²) in [4.78, 5) is 27.2. The van der Waals surface area contributed by atoms with Crippen LogP contribution in [0.5, 0.6) is 5.75 Å². The van der Waals surface area contributed by atoms with Crippen LogP contribution in [0.3, 0.4) is 0 Å². The molecule has 2 rings (SSSR count). The predicted molar refractivity (Wildman–Crippen MR) is 90.3 cm³/mol. The highest BCUT2D eigenvalue weighted by atomic mass is 35.5. The molecule has 0 spiro atoms. The van der Waals surface area contributed by atoms with Gasteiger partial charge in [-0.2, -0.15) is 0 Å². The molecule has 0 atom stereocenters. The van der Waals surface area contributed by atoms with Crippen molar-refractivity contribution < 1.29 is 19.8 Å². The summed E-state index contributed by atoms with van der Waals surface area (Å²) >= 11 is 5.99. The van der Waals surface area contributed by atoms with Gasteiger partial charge in [-0.25, -0.2) is 9.78 Å². The van der Waals surface area contributed by atoms with Crippen LogP contribution >= 0.6 is 11.6 Å². The zero-order valence-corrected chi connectivity index (χ0v) is 14.2. The lowest BCUT2D eigenvalue weighted by Crippen LogP contribution is -2.49. The minimum atomic E-state index is -1.48. The second-order valence-electron chi connectivity index (χ2n) is 5.94. The average molecular weight is 349 g/mol. The van der Waals surface area contributed by atoms with E-state index in [4.69, 9.17) is 16.7 Å². The van der Waals surface area contributed by atoms with Crippen molar-refractivity contribution in [3.8, 4) is 16.9 Å². The van der Waals surface area contributed by atoms with E-state index in [1.807, 2.05) is 13.0 Å². The molecule has 2 aromatic rings. The van der Waals surface area contributed by atoms with Gasteiger partial charge in [0, 0.05) is 16.8 Å². The second kappa shape index (κ2) is 6.49. The van der Waals surface area contributed by atoms with E-state index in [0.29, 0.717) is 10.6 Å². The van der Waals surface area contributed by atoms with E-state index >= 15 is 0 Å². The maximum atomic E-state index is 12.1. The van der Waals surface area contributed by atoms with Crippen LogP contribution in [0.4, 0.5) is 0 Å². The van der Waals surface area contributed by atoms with Gasteiger partial charge in [0.25, 0.3) is 5.91 Å². The molecule has 6 nitrogen and oxygen atoms in total. The first-order valence-corrected chi connectivity index (χ1v) is 7.51. The van der Waals surface area contributed by atoms with Crippen LogP contribution in [0.1, 0.15) is 29.9 Å². The number of halogens is 1. The highest BCUT2D eigenvalue weighted by Gasteiger charge is 2.30. The summed E-state index contributed by atoms with van der Waals surface area (Å²) in [6.07, 6.45) is 1.43. The lowest BCUT2D eigenvalue weighted by Gasteiger charge is -2.21. The molecule has 0 saturated carbocycles. The summed E-state index contributed by atoms with van der Waals surface area (Å²) < 4.78 is 0. The summed E-state index contributed by atoms with van der Waals surface area (Å²) in [5.41, 5.74) is 0.593. The number of aliphatic carboxylic acids is 1. The molecule has 24 heavy (non-hydrogen) atoms. The molecule has 0 unspecified atom stereocenters. The van der Waals surface area contributed by atoms with Crippen molar-refractivity contribution >= 4 is 23.5 Å². The Kier molecular flexibility index (Phi) is 4.80. The lowest BCUT2D eigenvalue weighted by molar-refractivity contribution is -0.143. The molecule has 0 aliphatic rings. The van der Waals surface area contributed by atoms with Crippen molar-refractivity contribution in [2.45, 2.75) is 26.3 Å². The summed E-state index contributed by atoms with van der Waals surface area (Å²) in [6.45, 7) is 4.57. The Balaban J connectivity index is 2.35. The fourth-order valence-electron chi connectivity index (χ4n) is 2.08. The van der Waals surface area contributed by atoms with Crippen LogP contribution in [0.25, 0.3) is 11.1 Å². The number of carboxylic acids is 1. The van der Waals surface area contributed by atoms with Gasteiger partial charge in [0.05, 0.1) is 0 Å². The Morgan fingerprint density at radius 1 is 1.25 bits per heavy atom. The first kappa shape index (κ1) is 17.7. The number of nitrogens with zero attached hydrogens (tertiary/aromatic N) is 1. The largest absolute Gasteiger partial charge is 0.505 e. The van der Waals surface area contributed by atoms with E-state index < -0.39 is 17.4 Å². The molecule has 0 fully saturated rings. The Hall–Kier alpha value is -2.60. The number of benzene rings is 1. The van der Waals surface area contributed by atoms with Gasteiger partial charge >= 0.3 is 5.97 Å². The van der Waals surface area contributed by atoms with Gasteiger partial charge in [-0.05, 0) is 50.1 Å². The molecule has 126 valence electrons. The Bertz CT molecular complexity index is 818. The molecule has 3 N–H and O–H groups in total. The molecular weight excluding hydrogens is 332 g/mol. The normalized spacial score (nSPS) is 11.2. The number of carbonyl (C=O) groups is 2. The minimum Gasteiger partial charge on any atom is -0.505 e. The minimum absolute atomic E-state index is 0.243. The summed E-state index contributed by atoms with van der Waals surface area (Å²) in [5.74, 6) is -2.30. The number of aromatic hydroxyl groups is 1. The zero-order valence-electron chi connectivity index (χ0n) is 13.4. The van der Waals surface area contributed by atoms with Crippen LogP contribution in [0.15, 0.2) is 30.5 Å². The van der Waals surface area contributed by atoms with E-state index in [-0.39, 0.29) is 11.4 Å². The number of nitrogens with one attached hydrogen (secondary N) is 1. The number of carbonyl (C=O) groups excluding carboxylic acids is 1. The van der Waals surface area contributed by atoms with Gasteiger partial charge in [-0.15, -0.1) is 0 Å². The van der Waals surface area contributed by atoms with Gasteiger partial charge < -0.3 is 15.5 Å². The average Bonchev–Trinajstić information content (AvgIpc) is 2.48. The number of hydrogen-bond donors (Lipinski definition) is 3. The number of aryl methyl sites for hydroxylation is 1. The summed E-state index contributed by atoms with van der Waals surface area (Å²) in [5, 5.41) is 22.0. The SMILES string of the molecule is Cc1ccc(Cl)cc1-c1cnc(C(=O)NC(C)(C)C(=O)O)c(O)c1. The quantitative estimate of drug-likeness (QED) is 0.788. The molecule has 0 bridgehead atoms.